The number of hydrogen-bond acceptors (Lipinski definition) is 4. The molecule has 0 saturated heterocycles. The molecule has 0 saturated carbocycles. The van der Waals surface area contributed by atoms with Crippen molar-refractivity contribution in [1.82, 2.24) is 5.32 Å². The van der Waals surface area contributed by atoms with Gasteiger partial charge in [-0.3, -0.25) is 0 Å². The summed E-state index contributed by atoms with van der Waals surface area (Å²) in [5.74, 6) is 1.42. The molecule has 0 aliphatic rings. The van der Waals surface area contributed by atoms with Gasteiger partial charge in [0.2, 0.25) is 0 Å². The van der Waals surface area contributed by atoms with Gasteiger partial charge in [0.05, 0.1) is 20.8 Å². The van der Waals surface area contributed by atoms with E-state index >= 15 is 0 Å². The zero-order valence-corrected chi connectivity index (χ0v) is 10.9. The highest BCUT2D eigenvalue weighted by Crippen LogP contribution is 2.28. The largest absolute Gasteiger partial charge is 0.493 e. The van der Waals surface area contributed by atoms with Gasteiger partial charge in [-0.15, -0.1) is 0 Å². The highest BCUT2D eigenvalue weighted by Gasteiger charge is 2.21. The van der Waals surface area contributed by atoms with Crippen molar-refractivity contribution in [2.45, 2.75) is 18.9 Å². The molecule has 0 radical (unpaired) electrons. The summed E-state index contributed by atoms with van der Waals surface area (Å²) in [6, 6.07) is 5.79. The van der Waals surface area contributed by atoms with Crippen LogP contribution < -0.4 is 14.8 Å². The van der Waals surface area contributed by atoms with Crippen LogP contribution in [0, 0.1) is 0 Å². The van der Waals surface area contributed by atoms with Crippen LogP contribution in [0.25, 0.3) is 0 Å². The van der Waals surface area contributed by atoms with Crippen LogP contribution in [0.3, 0.4) is 0 Å². The molecule has 4 nitrogen and oxygen atoms in total. The van der Waals surface area contributed by atoms with Crippen LogP contribution in [0.5, 0.6) is 11.5 Å². The number of hydrogen-bond donors (Lipinski definition) is 2. The molecule has 2 N–H and O–H groups in total. The van der Waals surface area contributed by atoms with Crippen molar-refractivity contribution < 1.29 is 14.6 Å². The van der Waals surface area contributed by atoms with Gasteiger partial charge in [0, 0.05) is 5.54 Å². The molecule has 17 heavy (non-hydrogen) atoms. The lowest BCUT2D eigenvalue weighted by atomic mass is 9.93. The van der Waals surface area contributed by atoms with E-state index in [0.717, 1.165) is 12.0 Å². The molecule has 0 heterocycles. The summed E-state index contributed by atoms with van der Waals surface area (Å²) < 4.78 is 10.4. The molecular weight excluding hydrogens is 218 g/mol. The van der Waals surface area contributed by atoms with E-state index in [1.54, 1.807) is 14.2 Å². The van der Waals surface area contributed by atoms with E-state index in [0.29, 0.717) is 11.5 Å². The topological polar surface area (TPSA) is 50.7 Å². The molecule has 1 aromatic carbocycles. The lowest BCUT2D eigenvalue weighted by Gasteiger charge is -2.27. The molecule has 1 aromatic rings. The molecule has 0 spiro atoms. The van der Waals surface area contributed by atoms with Crippen LogP contribution >= 0.6 is 0 Å². The number of ether oxygens (including phenoxy) is 2. The maximum atomic E-state index is 9.36. The predicted octanol–water partition coefficient (Wildman–Crippen LogP) is 1.22. The van der Waals surface area contributed by atoms with Gasteiger partial charge in [-0.25, -0.2) is 0 Å². The standard InChI is InChI=1S/C13H21NO3/c1-13(9-15,14-2)8-10-5-6-11(16-3)12(7-10)17-4/h5-7,14-15H,8-9H2,1-4H3. The molecule has 0 amide bonds. The first-order valence-electron chi connectivity index (χ1n) is 5.59. The van der Waals surface area contributed by atoms with Crippen molar-refractivity contribution in [3.8, 4) is 11.5 Å². The molecule has 0 aliphatic carbocycles. The second-order valence-electron chi connectivity index (χ2n) is 4.33. The quantitative estimate of drug-likeness (QED) is 0.783. The van der Waals surface area contributed by atoms with E-state index in [1.165, 1.54) is 0 Å². The van der Waals surface area contributed by atoms with Crippen LogP contribution in [0.1, 0.15) is 12.5 Å². The smallest absolute Gasteiger partial charge is 0.160 e. The molecule has 96 valence electrons. The zero-order chi connectivity index (χ0) is 12.9. The number of aliphatic hydroxyl groups is 1. The third kappa shape index (κ3) is 3.35. The summed E-state index contributed by atoms with van der Waals surface area (Å²) in [6.45, 7) is 2.06. The maximum Gasteiger partial charge on any atom is 0.160 e. The van der Waals surface area contributed by atoms with Crippen LogP contribution in [0.4, 0.5) is 0 Å². The van der Waals surface area contributed by atoms with Gasteiger partial charge in [0.25, 0.3) is 0 Å². The molecular formula is C13H21NO3. The van der Waals surface area contributed by atoms with Gasteiger partial charge in [-0.05, 0) is 38.1 Å². The first-order chi connectivity index (χ1) is 8.08. The van der Waals surface area contributed by atoms with Crippen LogP contribution in [0.15, 0.2) is 18.2 Å². The van der Waals surface area contributed by atoms with Crippen molar-refractivity contribution in [1.29, 1.82) is 0 Å². The molecule has 1 atom stereocenters. The fourth-order valence-electron chi connectivity index (χ4n) is 1.66. The van der Waals surface area contributed by atoms with Gasteiger partial charge >= 0.3 is 0 Å². The molecule has 0 bridgehead atoms. The van der Waals surface area contributed by atoms with Gasteiger partial charge in [-0.1, -0.05) is 6.07 Å². The van der Waals surface area contributed by atoms with Crippen LogP contribution in [-0.4, -0.2) is 38.5 Å². The Kier molecular flexibility index (Phi) is 4.78. The summed E-state index contributed by atoms with van der Waals surface area (Å²) in [4.78, 5) is 0. The SMILES string of the molecule is CNC(C)(CO)Cc1ccc(OC)c(OC)c1. The fraction of sp³-hybridized carbons (Fsp3) is 0.538. The van der Waals surface area contributed by atoms with Crippen LogP contribution in [-0.2, 0) is 6.42 Å². The van der Waals surface area contributed by atoms with Crippen molar-refractivity contribution in [2.75, 3.05) is 27.9 Å². The molecule has 0 aliphatic heterocycles. The number of methoxy groups -OCH3 is 2. The van der Waals surface area contributed by atoms with Crippen molar-refractivity contribution >= 4 is 0 Å². The first kappa shape index (κ1) is 13.8. The Morgan fingerprint density at radius 1 is 1.24 bits per heavy atom. The summed E-state index contributed by atoms with van der Waals surface area (Å²) in [5, 5.41) is 12.5. The minimum Gasteiger partial charge on any atom is -0.493 e. The average Bonchev–Trinajstić information content (AvgIpc) is 2.38. The summed E-state index contributed by atoms with van der Waals surface area (Å²) in [6.07, 6.45) is 0.723. The van der Waals surface area contributed by atoms with Crippen molar-refractivity contribution in [3.63, 3.8) is 0 Å². The van der Waals surface area contributed by atoms with E-state index in [2.05, 4.69) is 5.32 Å². The number of rotatable bonds is 6. The van der Waals surface area contributed by atoms with Gasteiger partial charge in [0.15, 0.2) is 11.5 Å². The Bertz CT molecular complexity index is 362. The molecule has 0 fully saturated rings. The van der Waals surface area contributed by atoms with Gasteiger partial charge in [-0.2, -0.15) is 0 Å². The Hall–Kier alpha value is -1.26. The zero-order valence-electron chi connectivity index (χ0n) is 10.9. The monoisotopic (exact) mass is 239 g/mol. The van der Waals surface area contributed by atoms with E-state index in [1.807, 2.05) is 32.2 Å². The molecule has 0 aromatic heterocycles. The number of nitrogens with one attached hydrogen (secondary N) is 1. The second-order valence-corrected chi connectivity index (χ2v) is 4.33. The summed E-state index contributed by atoms with van der Waals surface area (Å²) >= 11 is 0. The summed E-state index contributed by atoms with van der Waals surface area (Å²) in [5.41, 5.74) is 0.771. The highest BCUT2D eigenvalue weighted by molar-refractivity contribution is 5.43. The van der Waals surface area contributed by atoms with E-state index < -0.39 is 0 Å². The second kappa shape index (κ2) is 5.89. The lowest BCUT2D eigenvalue weighted by molar-refractivity contribution is 0.182. The Balaban J connectivity index is 2.93. The summed E-state index contributed by atoms with van der Waals surface area (Å²) in [7, 11) is 5.07. The van der Waals surface area contributed by atoms with E-state index in [4.69, 9.17) is 9.47 Å². The third-order valence-electron chi connectivity index (χ3n) is 2.99. The number of aliphatic hydroxyl groups excluding tert-OH is 1. The molecule has 1 unspecified atom stereocenters. The molecule has 4 heteroatoms. The van der Waals surface area contributed by atoms with Gasteiger partial charge in [0.1, 0.15) is 0 Å². The highest BCUT2D eigenvalue weighted by atomic mass is 16.5. The van der Waals surface area contributed by atoms with Crippen LogP contribution in [0.2, 0.25) is 0 Å². The van der Waals surface area contributed by atoms with E-state index in [9.17, 15) is 5.11 Å². The number of likely N-dealkylation sites (N-methyl/N-ethyl adjacent to an activating group) is 1. The Morgan fingerprint density at radius 2 is 1.88 bits per heavy atom. The van der Waals surface area contributed by atoms with Gasteiger partial charge < -0.3 is 19.9 Å². The normalized spacial score (nSPS) is 14.2. The van der Waals surface area contributed by atoms with E-state index in [-0.39, 0.29) is 12.1 Å². The average molecular weight is 239 g/mol. The first-order valence-corrected chi connectivity index (χ1v) is 5.59. The van der Waals surface area contributed by atoms with Crippen molar-refractivity contribution in [3.05, 3.63) is 23.8 Å². The minimum atomic E-state index is -0.320. The minimum absolute atomic E-state index is 0.0812. The fourth-order valence-corrected chi connectivity index (χ4v) is 1.66. The number of benzene rings is 1. The Morgan fingerprint density at radius 3 is 2.35 bits per heavy atom. The maximum absolute atomic E-state index is 9.36. The predicted molar refractivity (Wildman–Crippen MR) is 67.8 cm³/mol. The lowest BCUT2D eigenvalue weighted by Crippen LogP contribution is -2.45. The molecule has 1 rings (SSSR count). The third-order valence-corrected chi connectivity index (χ3v) is 2.99. The Labute approximate surface area is 103 Å². The van der Waals surface area contributed by atoms with Crippen molar-refractivity contribution in [2.24, 2.45) is 0 Å².